The van der Waals surface area contributed by atoms with Crippen LogP contribution in [0.4, 0.5) is 0 Å². The first-order valence-electron chi connectivity index (χ1n) is 2.48. The molecular weight excluding hydrogens is 234 g/mol. The van der Waals surface area contributed by atoms with E-state index in [1.807, 2.05) is 0 Å². The number of halogens is 4. The summed E-state index contributed by atoms with van der Waals surface area (Å²) in [6.07, 6.45) is 1.09. The van der Waals surface area contributed by atoms with Crippen molar-refractivity contribution in [2.24, 2.45) is 0 Å². The molecule has 0 heterocycles. The van der Waals surface area contributed by atoms with Crippen LogP contribution in [0.2, 0.25) is 0 Å². The van der Waals surface area contributed by atoms with Crippen molar-refractivity contribution in [3.05, 3.63) is 10.6 Å². The van der Waals surface area contributed by atoms with Gasteiger partial charge in [-0.1, -0.05) is 52.5 Å². The van der Waals surface area contributed by atoms with Crippen molar-refractivity contribution < 1.29 is 9.90 Å². The van der Waals surface area contributed by atoms with Gasteiger partial charge in [0, 0.05) is 6.42 Å². The molecule has 0 fully saturated rings. The summed E-state index contributed by atoms with van der Waals surface area (Å²) < 4.78 is -1.91. The molecule has 0 aromatic heterocycles. The van der Waals surface area contributed by atoms with Gasteiger partial charge < -0.3 is 5.11 Å². The van der Waals surface area contributed by atoms with E-state index >= 15 is 0 Å². The normalized spacial score (nSPS) is 10.9. The second-order valence-corrected chi connectivity index (χ2v) is 4.20. The summed E-state index contributed by atoms with van der Waals surface area (Å²) in [5, 5.41) is 8.37. The predicted molar refractivity (Wildman–Crippen MR) is 46.5 cm³/mol. The number of rotatable bonds is 3. The highest BCUT2D eigenvalue weighted by Gasteiger charge is 2.32. The maximum atomic E-state index is 10.3. The molecule has 0 aliphatic heterocycles. The number of carboxylic acid groups (broad SMARTS) is 1. The second-order valence-electron chi connectivity index (χ2n) is 1.71. The number of hydrogen-bond donors (Lipinski definition) is 1. The minimum absolute atomic E-state index is 0.0584. The van der Waals surface area contributed by atoms with Crippen LogP contribution in [0.5, 0.6) is 0 Å². The summed E-state index contributed by atoms with van der Waals surface area (Å²) in [5.41, 5.74) is 0. The predicted octanol–water partition coefficient (Wildman–Crippen LogP) is 2.95. The van der Waals surface area contributed by atoms with Gasteiger partial charge in [0.25, 0.3) is 0 Å². The molecule has 0 aliphatic rings. The molecule has 0 saturated heterocycles. The molecule has 0 aliphatic carbocycles. The molecule has 0 saturated carbocycles. The molecule has 0 atom stereocenters. The molecule has 0 bridgehead atoms. The lowest BCUT2D eigenvalue weighted by Gasteiger charge is -2.09. The molecule has 0 aromatic carbocycles. The Morgan fingerprint density at radius 3 is 2.18 bits per heavy atom. The Hall–Kier alpha value is 0.370. The maximum absolute atomic E-state index is 10.3. The Bertz CT molecular complexity index is 183. The molecule has 11 heavy (non-hydrogen) atoms. The van der Waals surface area contributed by atoms with Crippen molar-refractivity contribution in [1.82, 2.24) is 0 Å². The number of hydrogen-bond acceptors (Lipinski definition) is 1. The number of allylic oxidation sites excluding steroid dienone is 1. The average Bonchev–Trinajstić information content (AvgIpc) is 1.84. The van der Waals surface area contributed by atoms with Gasteiger partial charge in [-0.05, 0) is 0 Å². The third kappa shape index (κ3) is 4.75. The summed E-state index contributed by atoms with van der Waals surface area (Å²) in [6, 6.07) is 0. The van der Waals surface area contributed by atoms with Crippen molar-refractivity contribution in [2.45, 2.75) is 10.8 Å². The van der Waals surface area contributed by atoms with Crippen LogP contribution >= 0.6 is 46.4 Å². The van der Waals surface area contributed by atoms with Crippen LogP contribution in [0.15, 0.2) is 10.6 Å². The average molecular weight is 238 g/mol. The van der Waals surface area contributed by atoms with E-state index in [9.17, 15) is 4.79 Å². The van der Waals surface area contributed by atoms with Crippen molar-refractivity contribution in [1.29, 1.82) is 0 Å². The zero-order valence-corrected chi connectivity index (χ0v) is 8.18. The Labute approximate surface area is 83.7 Å². The third-order valence-corrected chi connectivity index (χ3v) is 1.77. The fourth-order valence-electron chi connectivity index (χ4n) is 0.293. The van der Waals surface area contributed by atoms with Gasteiger partial charge in [0.05, 0.1) is 0 Å². The molecule has 1 N–H and O–H groups in total. The Morgan fingerprint density at radius 2 is 1.91 bits per heavy atom. The smallest absolute Gasteiger partial charge is 0.340 e. The fraction of sp³-hybridized carbons (Fsp3) is 0.400. The van der Waals surface area contributed by atoms with Crippen LogP contribution in [-0.4, -0.2) is 15.4 Å². The van der Waals surface area contributed by atoms with Gasteiger partial charge in [-0.3, -0.25) is 0 Å². The van der Waals surface area contributed by atoms with Crippen LogP contribution in [0.1, 0.15) is 6.42 Å². The molecule has 0 unspecified atom stereocenters. The van der Waals surface area contributed by atoms with Gasteiger partial charge in [-0.15, -0.1) is 0 Å². The lowest BCUT2D eigenvalue weighted by atomic mass is 10.3. The first kappa shape index (κ1) is 11.4. The first-order valence-corrected chi connectivity index (χ1v) is 4.00. The Morgan fingerprint density at radius 1 is 1.45 bits per heavy atom. The fourth-order valence-corrected chi connectivity index (χ4v) is 0.601. The van der Waals surface area contributed by atoms with Crippen molar-refractivity contribution in [3.8, 4) is 0 Å². The van der Waals surface area contributed by atoms with E-state index in [1.54, 1.807) is 0 Å². The number of carbonyl (C=O) groups is 1. The summed E-state index contributed by atoms with van der Waals surface area (Å²) in [7, 11) is 0. The van der Waals surface area contributed by atoms with E-state index in [2.05, 4.69) is 0 Å². The van der Waals surface area contributed by atoms with E-state index in [4.69, 9.17) is 51.5 Å². The lowest BCUT2D eigenvalue weighted by Crippen LogP contribution is -2.24. The van der Waals surface area contributed by atoms with Gasteiger partial charge in [-0.2, -0.15) is 0 Å². The van der Waals surface area contributed by atoms with Gasteiger partial charge in [-0.25, -0.2) is 4.79 Å². The zero-order valence-electron chi connectivity index (χ0n) is 5.15. The summed E-state index contributed by atoms with van der Waals surface area (Å²) >= 11 is 21.0. The van der Waals surface area contributed by atoms with E-state index in [0.29, 0.717) is 0 Å². The van der Waals surface area contributed by atoms with Crippen molar-refractivity contribution in [3.63, 3.8) is 0 Å². The molecule has 2 nitrogen and oxygen atoms in total. The topological polar surface area (TPSA) is 37.3 Å². The monoisotopic (exact) mass is 236 g/mol. The summed E-state index contributed by atoms with van der Waals surface area (Å²) in [5.74, 6) is -1.33. The molecule has 0 spiro atoms. The van der Waals surface area contributed by atoms with E-state index < -0.39 is 10.3 Å². The Kier molecular flexibility index (Phi) is 4.56. The minimum Gasteiger partial charge on any atom is -0.479 e. The lowest BCUT2D eigenvalue weighted by molar-refractivity contribution is -0.137. The molecule has 0 amide bonds. The van der Waals surface area contributed by atoms with Gasteiger partial charge in [0.1, 0.15) is 4.49 Å². The molecule has 6 heteroatoms. The van der Waals surface area contributed by atoms with Crippen LogP contribution < -0.4 is 0 Å². The first-order chi connectivity index (χ1) is 4.86. The van der Waals surface area contributed by atoms with Crippen LogP contribution in [0, 0.1) is 0 Å². The van der Waals surface area contributed by atoms with E-state index in [-0.39, 0.29) is 10.9 Å². The van der Waals surface area contributed by atoms with E-state index in [0.717, 1.165) is 0 Å². The molecule has 64 valence electrons. The quantitative estimate of drug-likeness (QED) is 0.767. The third-order valence-electron chi connectivity index (χ3n) is 0.826. The zero-order chi connectivity index (χ0) is 9.07. The molecular formula is C5H4Cl4O2. The standard InChI is InChI=1S/C5H4Cl4O2/c6-3(7)1-2-5(8,9)4(10)11/h1H,2H2,(H,10,11). The Balaban J connectivity index is 4.14. The van der Waals surface area contributed by atoms with E-state index in [1.165, 1.54) is 6.08 Å². The molecule has 0 radical (unpaired) electrons. The van der Waals surface area contributed by atoms with Gasteiger partial charge in [0.15, 0.2) is 0 Å². The highest BCUT2D eigenvalue weighted by molar-refractivity contribution is 6.58. The van der Waals surface area contributed by atoms with Gasteiger partial charge in [0.2, 0.25) is 4.33 Å². The largest absolute Gasteiger partial charge is 0.479 e. The molecule has 0 aromatic rings. The van der Waals surface area contributed by atoms with Crippen molar-refractivity contribution >= 4 is 52.4 Å². The van der Waals surface area contributed by atoms with Gasteiger partial charge >= 0.3 is 5.97 Å². The second kappa shape index (κ2) is 4.41. The molecule has 0 rings (SSSR count). The number of alkyl halides is 2. The number of carboxylic acids is 1. The van der Waals surface area contributed by atoms with Crippen molar-refractivity contribution in [2.75, 3.05) is 0 Å². The van der Waals surface area contributed by atoms with Crippen LogP contribution in [0.3, 0.4) is 0 Å². The minimum atomic E-state index is -1.85. The summed E-state index contributed by atoms with van der Waals surface area (Å²) in [4.78, 5) is 10.3. The highest BCUT2D eigenvalue weighted by Crippen LogP contribution is 2.27. The maximum Gasteiger partial charge on any atom is 0.340 e. The van der Waals surface area contributed by atoms with Crippen LogP contribution in [-0.2, 0) is 4.79 Å². The summed E-state index contributed by atoms with van der Waals surface area (Å²) in [6.45, 7) is 0. The highest BCUT2D eigenvalue weighted by atomic mass is 35.5. The van der Waals surface area contributed by atoms with Crippen LogP contribution in [0.25, 0.3) is 0 Å². The SMILES string of the molecule is O=C(O)C(Cl)(Cl)CC=C(Cl)Cl. The number of aliphatic carboxylic acids is 1.